The van der Waals surface area contributed by atoms with E-state index in [2.05, 4.69) is 73.7 Å². The Morgan fingerprint density at radius 1 is 1.07 bits per heavy atom. The van der Waals surface area contributed by atoms with Crippen molar-refractivity contribution in [3.05, 3.63) is 68.0 Å². The zero-order chi connectivity index (χ0) is 20.5. The molecule has 0 saturated heterocycles. The van der Waals surface area contributed by atoms with E-state index < -0.39 is 0 Å². The van der Waals surface area contributed by atoms with Gasteiger partial charge in [0.15, 0.2) is 5.84 Å². The molecule has 0 bridgehead atoms. The van der Waals surface area contributed by atoms with Crippen LogP contribution in [0.5, 0.6) is 0 Å². The number of aromatic nitrogens is 2. The van der Waals surface area contributed by atoms with Crippen LogP contribution < -0.4 is 5.48 Å². The first-order valence-electron chi connectivity index (χ1n) is 9.53. The van der Waals surface area contributed by atoms with E-state index >= 15 is 0 Å². The molecule has 0 unspecified atom stereocenters. The molecule has 3 aromatic rings. The molecule has 1 atom stereocenters. The molecule has 0 spiro atoms. The smallest absolute Gasteiger partial charge is 0.156 e. The van der Waals surface area contributed by atoms with Crippen molar-refractivity contribution in [1.29, 1.82) is 0 Å². The molecule has 0 radical (unpaired) electrons. The summed E-state index contributed by atoms with van der Waals surface area (Å²) in [5, 5.41) is 9.71. The van der Waals surface area contributed by atoms with Crippen LogP contribution in [0.2, 0.25) is 0 Å². The number of nitrogens with zero attached hydrogens (tertiary/aromatic N) is 3. The van der Waals surface area contributed by atoms with E-state index in [1.54, 1.807) is 23.1 Å². The van der Waals surface area contributed by atoms with Crippen molar-refractivity contribution in [2.24, 2.45) is 4.99 Å². The average Bonchev–Trinajstić information content (AvgIpc) is 3.13. The molecule has 0 amide bonds. The fourth-order valence-electron chi connectivity index (χ4n) is 3.26. The first-order valence-corrected chi connectivity index (χ1v) is 11.2. The monoisotopic (exact) mass is 424 g/mol. The van der Waals surface area contributed by atoms with Gasteiger partial charge in [-0.25, -0.2) is 5.48 Å². The minimum absolute atomic E-state index is 0.0169. The minimum Gasteiger partial charge on any atom is -0.272 e. The number of hydroxylamine groups is 1. The fourth-order valence-corrected chi connectivity index (χ4v) is 5.16. The Hall–Kier alpha value is -2.22. The van der Waals surface area contributed by atoms with Gasteiger partial charge in [-0.3, -0.25) is 9.83 Å². The second kappa shape index (κ2) is 8.26. The van der Waals surface area contributed by atoms with Gasteiger partial charge in [0.2, 0.25) is 0 Å². The number of thiophene rings is 1. The Labute approximate surface area is 179 Å². The van der Waals surface area contributed by atoms with Gasteiger partial charge >= 0.3 is 0 Å². The molecule has 4 rings (SSSR count). The van der Waals surface area contributed by atoms with Crippen LogP contribution in [0.15, 0.2) is 45.2 Å². The lowest BCUT2D eigenvalue weighted by molar-refractivity contribution is 0.0627. The van der Waals surface area contributed by atoms with Crippen LogP contribution >= 0.6 is 23.1 Å². The van der Waals surface area contributed by atoms with Gasteiger partial charge in [-0.1, -0.05) is 29.5 Å². The van der Waals surface area contributed by atoms with Crippen molar-refractivity contribution in [2.75, 3.05) is 6.61 Å². The molecule has 5 nitrogen and oxygen atoms in total. The van der Waals surface area contributed by atoms with Crippen LogP contribution in [0.4, 0.5) is 0 Å². The van der Waals surface area contributed by atoms with Crippen LogP contribution in [0.1, 0.15) is 43.7 Å². The van der Waals surface area contributed by atoms with Gasteiger partial charge in [0, 0.05) is 14.6 Å². The SMILES string of the molecule is Cc1ccc(Sc2nnc(C)c(C)c2C2=N[C@H](c3ccc(C)s3)CON2)c(C)c1. The van der Waals surface area contributed by atoms with Crippen LogP contribution in [0.3, 0.4) is 0 Å². The first-order chi connectivity index (χ1) is 13.9. The summed E-state index contributed by atoms with van der Waals surface area (Å²) in [6.45, 7) is 10.9. The number of hydrogen-bond donors (Lipinski definition) is 1. The molecule has 0 saturated carbocycles. The van der Waals surface area contributed by atoms with Crippen LogP contribution in [-0.4, -0.2) is 22.6 Å². The number of benzene rings is 1. The van der Waals surface area contributed by atoms with Gasteiger partial charge in [-0.2, -0.15) is 5.10 Å². The highest BCUT2D eigenvalue weighted by molar-refractivity contribution is 7.99. The van der Waals surface area contributed by atoms with E-state index in [-0.39, 0.29) is 6.04 Å². The fraction of sp³-hybridized carbons (Fsp3) is 0.318. The quantitative estimate of drug-likeness (QED) is 0.619. The summed E-state index contributed by atoms with van der Waals surface area (Å²) in [5.74, 6) is 0.718. The van der Waals surface area contributed by atoms with E-state index in [1.807, 2.05) is 6.92 Å². The molecule has 7 heteroatoms. The van der Waals surface area contributed by atoms with E-state index in [0.717, 1.165) is 32.6 Å². The Morgan fingerprint density at radius 3 is 2.62 bits per heavy atom. The average molecular weight is 425 g/mol. The Balaban J connectivity index is 1.76. The summed E-state index contributed by atoms with van der Waals surface area (Å²) in [7, 11) is 0. The van der Waals surface area contributed by atoms with Gasteiger partial charge in [0.25, 0.3) is 0 Å². The van der Waals surface area contributed by atoms with Gasteiger partial charge in [-0.05, 0) is 63.9 Å². The molecule has 1 aromatic carbocycles. The summed E-state index contributed by atoms with van der Waals surface area (Å²) >= 11 is 3.38. The second-order valence-electron chi connectivity index (χ2n) is 7.32. The molecule has 0 fully saturated rings. The molecule has 3 heterocycles. The molecular formula is C22H24N4OS2. The van der Waals surface area contributed by atoms with Gasteiger partial charge in [0.1, 0.15) is 17.7 Å². The van der Waals surface area contributed by atoms with Gasteiger partial charge < -0.3 is 0 Å². The van der Waals surface area contributed by atoms with Crippen LogP contribution in [0, 0.1) is 34.6 Å². The maximum Gasteiger partial charge on any atom is 0.156 e. The molecule has 1 aliphatic rings. The topological polar surface area (TPSA) is 59.4 Å². The highest BCUT2D eigenvalue weighted by atomic mass is 32.2. The van der Waals surface area contributed by atoms with Crippen LogP contribution in [0.25, 0.3) is 0 Å². The summed E-state index contributed by atoms with van der Waals surface area (Å²) in [5.41, 5.74) is 8.42. The number of aryl methyl sites for hydroxylation is 4. The molecule has 150 valence electrons. The van der Waals surface area contributed by atoms with Crippen LogP contribution in [-0.2, 0) is 4.84 Å². The standard InChI is InChI=1S/C22H24N4OS2/c1-12-6-8-18(13(2)10-12)29-22-20(15(4)16(5)24-25-22)21-23-17(11-27-26-21)19-9-7-14(3)28-19/h6-10,17H,11H2,1-5H3,(H,23,26)/t17-/m0/s1. The van der Waals surface area contributed by atoms with Crippen molar-refractivity contribution in [3.63, 3.8) is 0 Å². The van der Waals surface area contributed by atoms with E-state index in [4.69, 9.17) is 9.83 Å². The van der Waals surface area contributed by atoms with E-state index in [9.17, 15) is 0 Å². The first kappa shape index (κ1) is 20.1. The third-order valence-electron chi connectivity index (χ3n) is 4.98. The number of hydrogen-bond acceptors (Lipinski definition) is 7. The number of aliphatic imine (C=N–C) groups is 1. The second-order valence-corrected chi connectivity index (χ2v) is 9.67. The summed E-state index contributed by atoms with van der Waals surface area (Å²) < 4.78 is 0. The summed E-state index contributed by atoms with van der Waals surface area (Å²) in [4.78, 5) is 14.4. The van der Waals surface area contributed by atoms with Gasteiger partial charge in [-0.15, -0.1) is 16.4 Å². The van der Waals surface area contributed by atoms with E-state index in [0.29, 0.717) is 6.61 Å². The summed E-state index contributed by atoms with van der Waals surface area (Å²) in [6, 6.07) is 10.7. The number of nitrogens with one attached hydrogen (secondary N) is 1. The largest absolute Gasteiger partial charge is 0.272 e. The third kappa shape index (κ3) is 4.22. The molecule has 0 aliphatic carbocycles. The molecule has 1 N–H and O–H groups in total. The van der Waals surface area contributed by atoms with Crippen molar-refractivity contribution >= 4 is 28.9 Å². The predicted molar refractivity (Wildman–Crippen MR) is 119 cm³/mol. The van der Waals surface area contributed by atoms with Crippen molar-refractivity contribution in [3.8, 4) is 0 Å². The number of rotatable bonds is 4. The highest BCUT2D eigenvalue weighted by Gasteiger charge is 2.25. The Morgan fingerprint density at radius 2 is 1.90 bits per heavy atom. The molecule has 1 aliphatic heterocycles. The Bertz CT molecular complexity index is 1090. The molecule has 29 heavy (non-hydrogen) atoms. The zero-order valence-corrected chi connectivity index (χ0v) is 18.9. The zero-order valence-electron chi connectivity index (χ0n) is 17.2. The lowest BCUT2D eigenvalue weighted by Crippen LogP contribution is -2.33. The predicted octanol–water partition coefficient (Wildman–Crippen LogP) is 5.25. The molecular weight excluding hydrogens is 400 g/mol. The molecule has 2 aromatic heterocycles. The third-order valence-corrected chi connectivity index (χ3v) is 7.24. The summed E-state index contributed by atoms with van der Waals surface area (Å²) in [6.07, 6.45) is 0. The Kier molecular flexibility index (Phi) is 5.72. The van der Waals surface area contributed by atoms with Crippen molar-refractivity contribution in [2.45, 2.75) is 50.6 Å². The van der Waals surface area contributed by atoms with Crippen molar-refractivity contribution in [1.82, 2.24) is 15.7 Å². The number of amidine groups is 1. The lowest BCUT2D eigenvalue weighted by atomic mass is 10.1. The maximum absolute atomic E-state index is 5.72. The van der Waals surface area contributed by atoms with E-state index in [1.165, 1.54) is 20.9 Å². The highest BCUT2D eigenvalue weighted by Crippen LogP contribution is 2.35. The maximum atomic E-state index is 5.72. The van der Waals surface area contributed by atoms with Crippen molar-refractivity contribution < 1.29 is 4.84 Å². The van der Waals surface area contributed by atoms with Gasteiger partial charge in [0.05, 0.1) is 11.3 Å². The minimum atomic E-state index is -0.0169. The lowest BCUT2D eigenvalue weighted by Gasteiger charge is -2.23. The normalized spacial score (nSPS) is 16.4.